The first-order valence-electron chi connectivity index (χ1n) is 20.0. The molecule has 2 aliphatic carbocycles. The van der Waals surface area contributed by atoms with E-state index in [1.54, 1.807) is 11.1 Å². The molecule has 2 saturated carbocycles. The first-order chi connectivity index (χ1) is 26.1. The monoisotopic (exact) mass is 714 g/mol. The number of hydrogen-bond donors (Lipinski definition) is 2. The highest BCUT2D eigenvalue weighted by Gasteiger charge is 2.25. The Balaban J connectivity index is 0.000000181. The number of aliphatic hydroxyl groups is 2. The molecular formula is C48H58O5. The standard InChI is InChI=1S/C24H30O3.C24H28O2/c1-2-23(18-8-6-7-9-18)24(19-10-4-3-5-11-19)20-12-14-22(15-13-20)27-17-21(26)16-25;1-2-23(18-8-6-7-9-18)24(19-10-4-3-5-11-19)20-12-14-21(15-13-20)25-16-22-17-26-22/h3-5,10-15,18,21,25-26H,2,6-9,16-17H2,1H3;3-5,10-15,18,22H,2,6-9,16-17H2,1H3. The van der Waals surface area contributed by atoms with Crippen molar-refractivity contribution in [2.24, 2.45) is 11.8 Å². The Bertz CT molecular complexity index is 1730. The summed E-state index contributed by atoms with van der Waals surface area (Å²) < 4.78 is 16.6. The van der Waals surface area contributed by atoms with Crippen molar-refractivity contribution in [1.82, 2.24) is 0 Å². The minimum atomic E-state index is -0.849. The van der Waals surface area contributed by atoms with E-state index in [9.17, 15) is 5.11 Å². The zero-order chi connectivity index (χ0) is 36.8. The Hall–Kier alpha value is -4.16. The van der Waals surface area contributed by atoms with Crippen molar-refractivity contribution in [3.8, 4) is 11.5 Å². The van der Waals surface area contributed by atoms with Crippen LogP contribution < -0.4 is 9.47 Å². The number of allylic oxidation sites excluding steroid dienone is 2. The molecule has 0 spiro atoms. The topological polar surface area (TPSA) is 71.5 Å². The second-order valence-electron chi connectivity index (χ2n) is 14.7. The molecule has 4 aromatic carbocycles. The van der Waals surface area contributed by atoms with Crippen molar-refractivity contribution >= 4 is 11.1 Å². The first-order valence-corrected chi connectivity index (χ1v) is 20.0. The molecule has 3 aliphatic rings. The van der Waals surface area contributed by atoms with Crippen LogP contribution in [0.3, 0.4) is 0 Å². The highest BCUT2D eigenvalue weighted by atomic mass is 16.6. The third-order valence-electron chi connectivity index (χ3n) is 11.0. The second-order valence-corrected chi connectivity index (χ2v) is 14.7. The minimum Gasteiger partial charge on any atom is -0.491 e. The number of ether oxygens (including phenoxy) is 3. The van der Waals surface area contributed by atoms with Gasteiger partial charge in [0.25, 0.3) is 0 Å². The van der Waals surface area contributed by atoms with Gasteiger partial charge in [-0.05, 0) is 108 Å². The largest absolute Gasteiger partial charge is 0.491 e. The second kappa shape index (κ2) is 19.8. The molecular weight excluding hydrogens is 657 g/mol. The maximum atomic E-state index is 9.45. The van der Waals surface area contributed by atoms with Crippen LogP contribution in [0.4, 0.5) is 0 Å². The lowest BCUT2D eigenvalue weighted by Crippen LogP contribution is -2.21. The summed E-state index contributed by atoms with van der Waals surface area (Å²) in [6.45, 7) is 5.87. The molecule has 0 aromatic heterocycles. The maximum Gasteiger partial charge on any atom is 0.119 e. The predicted octanol–water partition coefficient (Wildman–Crippen LogP) is 10.7. The van der Waals surface area contributed by atoms with E-state index in [0.29, 0.717) is 24.4 Å². The summed E-state index contributed by atoms with van der Waals surface area (Å²) >= 11 is 0. The van der Waals surface area contributed by atoms with Gasteiger partial charge in [-0.2, -0.15) is 0 Å². The normalized spacial score (nSPS) is 18.8. The lowest BCUT2D eigenvalue weighted by molar-refractivity contribution is 0.0536. The summed E-state index contributed by atoms with van der Waals surface area (Å²) in [4.78, 5) is 0. The fraction of sp³-hybridized carbons (Fsp3) is 0.417. The molecule has 280 valence electrons. The molecule has 5 nitrogen and oxygen atoms in total. The number of epoxide rings is 1. The Morgan fingerprint density at radius 1 is 0.604 bits per heavy atom. The van der Waals surface area contributed by atoms with E-state index >= 15 is 0 Å². The van der Waals surface area contributed by atoms with Crippen molar-refractivity contribution in [2.45, 2.75) is 90.3 Å². The molecule has 3 fully saturated rings. The van der Waals surface area contributed by atoms with Gasteiger partial charge in [0.2, 0.25) is 0 Å². The van der Waals surface area contributed by atoms with Crippen LogP contribution in [0.15, 0.2) is 120 Å². The van der Waals surface area contributed by atoms with Gasteiger partial charge in [0.1, 0.15) is 36.9 Å². The molecule has 2 unspecified atom stereocenters. The Kier molecular flexibility index (Phi) is 14.4. The summed E-state index contributed by atoms with van der Waals surface area (Å²) in [5.41, 5.74) is 11.1. The third-order valence-corrected chi connectivity index (χ3v) is 11.0. The molecule has 0 radical (unpaired) electrons. The SMILES string of the molecule is CCC(=C(c1ccccc1)c1ccc(OCC(O)CO)cc1)C1CCCC1.CCC(=C(c1ccccc1)c1ccc(OCC2CO2)cc1)C1CCCC1. The van der Waals surface area contributed by atoms with Crippen molar-refractivity contribution < 1.29 is 24.4 Å². The van der Waals surface area contributed by atoms with Crippen LogP contribution in [-0.2, 0) is 4.74 Å². The molecule has 2 N–H and O–H groups in total. The summed E-state index contributed by atoms with van der Waals surface area (Å²) in [7, 11) is 0. The van der Waals surface area contributed by atoms with Crippen LogP contribution in [0.1, 0.15) is 100 Å². The maximum absolute atomic E-state index is 9.45. The summed E-state index contributed by atoms with van der Waals surface area (Å²) in [5, 5.41) is 18.4. The lowest BCUT2D eigenvalue weighted by atomic mass is 9.84. The number of aliphatic hydroxyl groups excluding tert-OH is 2. The number of benzene rings is 4. The van der Waals surface area contributed by atoms with Gasteiger partial charge in [-0.15, -0.1) is 0 Å². The van der Waals surface area contributed by atoms with Crippen LogP contribution in [0, 0.1) is 11.8 Å². The molecule has 1 saturated heterocycles. The highest BCUT2D eigenvalue weighted by molar-refractivity contribution is 5.83. The molecule has 0 bridgehead atoms. The van der Waals surface area contributed by atoms with Crippen LogP contribution in [0.25, 0.3) is 11.1 Å². The molecule has 0 amide bonds. The van der Waals surface area contributed by atoms with Crippen molar-refractivity contribution in [2.75, 3.05) is 26.4 Å². The Morgan fingerprint density at radius 3 is 1.38 bits per heavy atom. The molecule has 1 heterocycles. The molecule has 2 atom stereocenters. The van der Waals surface area contributed by atoms with Crippen LogP contribution in [-0.4, -0.2) is 48.8 Å². The van der Waals surface area contributed by atoms with E-state index < -0.39 is 6.10 Å². The molecule has 1 aliphatic heterocycles. The van der Waals surface area contributed by atoms with Gasteiger partial charge < -0.3 is 24.4 Å². The smallest absolute Gasteiger partial charge is 0.119 e. The van der Waals surface area contributed by atoms with E-state index in [2.05, 4.69) is 111 Å². The average Bonchev–Trinajstić information content (AvgIpc) is 3.59. The average molecular weight is 715 g/mol. The van der Waals surface area contributed by atoms with Crippen molar-refractivity contribution in [1.29, 1.82) is 0 Å². The van der Waals surface area contributed by atoms with Gasteiger partial charge >= 0.3 is 0 Å². The zero-order valence-electron chi connectivity index (χ0n) is 31.7. The highest BCUT2D eigenvalue weighted by Crippen LogP contribution is 2.41. The minimum absolute atomic E-state index is 0.0967. The Labute approximate surface area is 317 Å². The van der Waals surface area contributed by atoms with Crippen molar-refractivity contribution in [3.63, 3.8) is 0 Å². The number of rotatable bonds is 15. The first kappa shape index (κ1) is 38.6. The van der Waals surface area contributed by atoms with E-state index in [4.69, 9.17) is 19.3 Å². The molecule has 7 rings (SSSR count). The van der Waals surface area contributed by atoms with Gasteiger partial charge in [-0.1, -0.05) is 136 Å². The van der Waals surface area contributed by atoms with Gasteiger partial charge in [-0.25, -0.2) is 0 Å². The molecule has 53 heavy (non-hydrogen) atoms. The fourth-order valence-corrected chi connectivity index (χ4v) is 8.21. The predicted molar refractivity (Wildman–Crippen MR) is 216 cm³/mol. The molecule has 5 heteroatoms. The van der Waals surface area contributed by atoms with E-state index in [-0.39, 0.29) is 13.2 Å². The summed E-state index contributed by atoms with van der Waals surface area (Å²) in [5.74, 6) is 3.05. The van der Waals surface area contributed by atoms with Gasteiger partial charge in [0.15, 0.2) is 0 Å². The summed E-state index contributed by atoms with van der Waals surface area (Å²) in [6.07, 6.45) is 12.3. The zero-order valence-corrected chi connectivity index (χ0v) is 31.7. The lowest BCUT2D eigenvalue weighted by Gasteiger charge is -2.21. The van der Waals surface area contributed by atoms with E-state index in [0.717, 1.165) is 31.1 Å². The number of hydrogen-bond acceptors (Lipinski definition) is 5. The van der Waals surface area contributed by atoms with Crippen LogP contribution in [0.2, 0.25) is 0 Å². The molecule has 4 aromatic rings. The van der Waals surface area contributed by atoms with E-state index in [1.165, 1.54) is 84.8 Å². The van der Waals surface area contributed by atoms with Crippen LogP contribution in [0.5, 0.6) is 11.5 Å². The third kappa shape index (κ3) is 10.7. The van der Waals surface area contributed by atoms with Gasteiger partial charge in [-0.3, -0.25) is 0 Å². The van der Waals surface area contributed by atoms with Crippen molar-refractivity contribution in [3.05, 3.63) is 143 Å². The van der Waals surface area contributed by atoms with Crippen LogP contribution >= 0.6 is 0 Å². The fourth-order valence-electron chi connectivity index (χ4n) is 8.21. The quantitative estimate of drug-likeness (QED) is 0.120. The van der Waals surface area contributed by atoms with Gasteiger partial charge in [0.05, 0.1) is 13.2 Å². The summed E-state index contributed by atoms with van der Waals surface area (Å²) in [6, 6.07) is 38.3. The van der Waals surface area contributed by atoms with Gasteiger partial charge in [0, 0.05) is 0 Å². The Morgan fingerprint density at radius 2 is 1.00 bits per heavy atom. The van der Waals surface area contributed by atoms with E-state index in [1.807, 2.05) is 12.1 Å².